The van der Waals surface area contributed by atoms with Crippen LogP contribution in [0.15, 0.2) is 48.7 Å². The second-order valence-electron chi connectivity index (χ2n) is 11.7. The molecule has 52 heavy (non-hydrogen) atoms. The third-order valence-electron chi connectivity index (χ3n) is 8.26. The number of Topliss-reactive ketones (excluding diaryl/α,β-unsaturated/α-hetero) is 2. The van der Waals surface area contributed by atoms with Gasteiger partial charge in [-0.05, 0) is 69.2 Å². The van der Waals surface area contributed by atoms with Gasteiger partial charge in [0.05, 0.1) is 54.3 Å². The van der Waals surface area contributed by atoms with E-state index in [1.165, 1.54) is 26.3 Å². The van der Waals surface area contributed by atoms with Crippen LogP contribution in [-0.2, 0) is 32.7 Å². The van der Waals surface area contributed by atoms with Crippen molar-refractivity contribution >= 4 is 60.0 Å². The number of hydrogen-bond acceptors (Lipinski definition) is 10. The van der Waals surface area contributed by atoms with E-state index in [-0.39, 0.29) is 43.1 Å². The fourth-order valence-electron chi connectivity index (χ4n) is 5.65. The van der Waals surface area contributed by atoms with E-state index in [1.54, 1.807) is 38.1 Å². The minimum absolute atomic E-state index is 0.0475. The van der Waals surface area contributed by atoms with Crippen molar-refractivity contribution in [2.75, 3.05) is 43.7 Å². The molecule has 0 saturated heterocycles. The summed E-state index contributed by atoms with van der Waals surface area (Å²) in [6.45, 7) is 4.00. The zero-order valence-electron chi connectivity index (χ0n) is 28.9. The average Bonchev–Trinajstić information content (AvgIpc) is 3.10. The number of pyridine rings is 1. The number of hydrogen-bond donors (Lipinski definition) is 2. The number of amides is 3. The SMILES string of the molecule is CCOP(=O)(CC(=O)N(CCC(=O)c1c(F)ccc(Cl)c1F)[C@H]1CCC(=O)[C@@H](C)C(=O)Nc2cc(NC(=O)OC)ccc2-c2ccnc1c2)OCC. The largest absolute Gasteiger partial charge is 0.453 e. The van der Waals surface area contributed by atoms with Crippen LogP contribution in [0.25, 0.3) is 11.1 Å². The van der Waals surface area contributed by atoms with Crippen molar-refractivity contribution in [2.24, 2.45) is 5.92 Å². The molecule has 0 spiro atoms. The molecule has 2 bridgehead atoms. The molecule has 0 saturated carbocycles. The van der Waals surface area contributed by atoms with Gasteiger partial charge in [0, 0.05) is 36.8 Å². The number of aromatic nitrogens is 1. The van der Waals surface area contributed by atoms with Gasteiger partial charge in [0.1, 0.15) is 17.8 Å². The molecule has 2 aromatic carbocycles. The summed E-state index contributed by atoms with van der Waals surface area (Å²) < 4.78 is 58.4. The normalized spacial score (nSPS) is 16.1. The van der Waals surface area contributed by atoms with E-state index in [0.29, 0.717) is 11.1 Å². The van der Waals surface area contributed by atoms with Gasteiger partial charge in [-0.3, -0.25) is 34.0 Å². The Morgan fingerprint density at radius 2 is 1.79 bits per heavy atom. The number of anilines is 2. The van der Waals surface area contributed by atoms with Crippen molar-refractivity contribution < 1.29 is 51.1 Å². The predicted molar refractivity (Wildman–Crippen MR) is 188 cm³/mol. The number of halogens is 3. The van der Waals surface area contributed by atoms with Gasteiger partial charge >= 0.3 is 13.7 Å². The van der Waals surface area contributed by atoms with Crippen molar-refractivity contribution in [3.63, 3.8) is 0 Å². The molecular weight excluding hydrogens is 725 g/mol. The molecular formula is C35H38ClF2N4O9P. The fourth-order valence-corrected chi connectivity index (χ4v) is 7.37. The van der Waals surface area contributed by atoms with Crippen LogP contribution in [-0.4, -0.2) is 72.4 Å². The first kappa shape index (κ1) is 40.2. The van der Waals surface area contributed by atoms with E-state index in [0.717, 1.165) is 17.0 Å². The molecule has 0 aliphatic carbocycles. The highest BCUT2D eigenvalue weighted by Crippen LogP contribution is 2.48. The number of carbonyl (C=O) groups excluding carboxylic acids is 5. The van der Waals surface area contributed by atoms with E-state index < -0.39 is 90.4 Å². The van der Waals surface area contributed by atoms with Crippen LogP contribution in [0, 0.1) is 17.6 Å². The number of ether oxygens (including phenoxy) is 1. The number of carbonyl (C=O) groups is 5. The molecule has 0 fully saturated rings. The smallest absolute Gasteiger partial charge is 0.411 e. The van der Waals surface area contributed by atoms with E-state index >= 15 is 0 Å². The van der Waals surface area contributed by atoms with Crippen LogP contribution >= 0.6 is 19.2 Å². The highest BCUT2D eigenvalue weighted by Gasteiger charge is 2.36. The summed E-state index contributed by atoms with van der Waals surface area (Å²) in [6.07, 6.45) is -1.02. The second kappa shape index (κ2) is 17.8. The van der Waals surface area contributed by atoms with Crippen LogP contribution < -0.4 is 10.6 Å². The first-order chi connectivity index (χ1) is 24.7. The topological polar surface area (TPSA) is 170 Å². The summed E-state index contributed by atoms with van der Waals surface area (Å²) in [5, 5.41) is 4.81. The molecule has 4 rings (SSSR count). The highest BCUT2D eigenvalue weighted by molar-refractivity contribution is 7.54. The maximum Gasteiger partial charge on any atom is 0.411 e. The molecule has 1 aliphatic rings. The minimum atomic E-state index is -4.01. The van der Waals surface area contributed by atoms with Crippen molar-refractivity contribution in [2.45, 2.75) is 46.1 Å². The number of ketones is 2. The zero-order valence-corrected chi connectivity index (χ0v) is 30.5. The van der Waals surface area contributed by atoms with Crippen LogP contribution in [0.5, 0.6) is 0 Å². The van der Waals surface area contributed by atoms with Crippen LogP contribution in [0.3, 0.4) is 0 Å². The average molecular weight is 763 g/mol. The van der Waals surface area contributed by atoms with Crippen molar-refractivity contribution in [3.8, 4) is 11.1 Å². The van der Waals surface area contributed by atoms with E-state index in [2.05, 4.69) is 20.4 Å². The lowest BCUT2D eigenvalue weighted by Crippen LogP contribution is -2.39. The standard InChI is InChI=1S/C35H38ClF2N4O9P/c1-5-50-52(48,51-6-2)19-31(45)42(16-14-30(44)32-25(37)10-9-24(36)33(32)38)28-11-12-29(43)20(3)34(46)41-26-18-22(40-35(47)49-4)7-8-23(26)21-13-15-39-27(28)17-21/h7-10,13,15,17-18,20,28H,5-6,11-12,14,16,19H2,1-4H3,(H,40,47)(H,41,46)/t20-,28+/m1/s1. The van der Waals surface area contributed by atoms with Crippen LogP contribution in [0.2, 0.25) is 5.02 Å². The fraction of sp³-hybridized carbons (Fsp3) is 0.371. The lowest BCUT2D eigenvalue weighted by molar-refractivity contribution is -0.134. The molecule has 278 valence electrons. The Morgan fingerprint density at radius 3 is 2.46 bits per heavy atom. The Labute approximate surface area is 303 Å². The van der Waals surface area contributed by atoms with Gasteiger partial charge < -0.3 is 24.0 Å². The third-order valence-corrected chi connectivity index (χ3v) is 10.5. The van der Waals surface area contributed by atoms with E-state index in [1.807, 2.05) is 0 Å². The summed E-state index contributed by atoms with van der Waals surface area (Å²) in [6, 6.07) is 8.65. The van der Waals surface area contributed by atoms with Gasteiger partial charge in [-0.15, -0.1) is 0 Å². The molecule has 17 heteroatoms. The summed E-state index contributed by atoms with van der Waals surface area (Å²) in [5.41, 5.74) is 0.855. The predicted octanol–water partition coefficient (Wildman–Crippen LogP) is 7.20. The molecule has 2 heterocycles. The quantitative estimate of drug-likeness (QED) is 0.0832. The maximum absolute atomic E-state index is 14.8. The number of benzene rings is 2. The zero-order chi connectivity index (χ0) is 38.2. The molecule has 3 amide bonds. The molecule has 0 radical (unpaired) electrons. The molecule has 13 nitrogen and oxygen atoms in total. The molecule has 1 aromatic heterocycles. The Balaban J connectivity index is 1.84. The molecule has 3 aromatic rings. The lowest BCUT2D eigenvalue weighted by Gasteiger charge is -2.33. The lowest BCUT2D eigenvalue weighted by atomic mass is 9.93. The monoisotopic (exact) mass is 762 g/mol. The molecule has 2 N–H and O–H groups in total. The third kappa shape index (κ3) is 9.65. The van der Waals surface area contributed by atoms with E-state index in [4.69, 9.17) is 20.6 Å². The van der Waals surface area contributed by atoms with Gasteiger partial charge in [-0.1, -0.05) is 17.7 Å². The van der Waals surface area contributed by atoms with Crippen molar-refractivity contribution in [3.05, 3.63) is 76.6 Å². The summed E-state index contributed by atoms with van der Waals surface area (Å²) in [4.78, 5) is 71.7. The molecule has 2 atom stereocenters. The summed E-state index contributed by atoms with van der Waals surface area (Å²) in [7, 11) is -2.82. The van der Waals surface area contributed by atoms with Gasteiger partial charge in [0.25, 0.3) is 0 Å². The molecule has 1 aliphatic heterocycles. The van der Waals surface area contributed by atoms with E-state index in [9.17, 15) is 37.3 Å². The molecule has 0 unspecified atom stereocenters. The number of rotatable bonds is 12. The van der Waals surface area contributed by atoms with Crippen molar-refractivity contribution in [1.82, 2.24) is 9.88 Å². The van der Waals surface area contributed by atoms with Crippen LogP contribution in [0.1, 0.15) is 62.1 Å². The number of methoxy groups -OCH3 is 1. The maximum atomic E-state index is 14.8. The highest BCUT2D eigenvalue weighted by atomic mass is 35.5. The number of nitrogens with one attached hydrogen (secondary N) is 2. The Kier molecular flexibility index (Phi) is 13.7. The van der Waals surface area contributed by atoms with Gasteiger partial charge in [-0.25, -0.2) is 13.6 Å². The Hall–Kier alpha value is -4.56. The first-order valence-corrected chi connectivity index (χ1v) is 18.5. The van der Waals surface area contributed by atoms with Gasteiger partial charge in [0.2, 0.25) is 11.8 Å². The van der Waals surface area contributed by atoms with Gasteiger partial charge in [0.15, 0.2) is 11.6 Å². The second-order valence-corrected chi connectivity index (χ2v) is 14.1. The summed E-state index contributed by atoms with van der Waals surface area (Å²) in [5.74, 6) is -6.52. The first-order valence-electron chi connectivity index (χ1n) is 16.3. The number of nitrogens with zero attached hydrogens (tertiary/aromatic N) is 2. The number of fused-ring (bicyclic) bond motifs is 4. The Morgan fingerprint density at radius 1 is 1.08 bits per heavy atom. The van der Waals surface area contributed by atoms with Crippen LogP contribution in [0.4, 0.5) is 25.0 Å². The summed E-state index contributed by atoms with van der Waals surface area (Å²) >= 11 is 5.82. The van der Waals surface area contributed by atoms with Crippen molar-refractivity contribution in [1.29, 1.82) is 0 Å². The Bertz CT molecular complexity index is 1900. The minimum Gasteiger partial charge on any atom is -0.453 e. The van der Waals surface area contributed by atoms with Gasteiger partial charge in [-0.2, -0.15) is 0 Å².